The van der Waals surface area contributed by atoms with E-state index in [9.17, 15) is 4.79 Å². The van der Waals surface area contributed by atoms with Gasteiger partial charge < -0.3 is 4.74 Å². The van der Waals surface area contributed by atoms with Crippen LogP contribution in [0.5, 0.6) is 0 Å². The van der Waals surface area contributed by atoms with E-state index in [1.807, 2.05) is 37.4 Å². The fourth-order valence-electron chi connectivity index (χ4n) is 2.96. The molecule has 0 saturated carbocycles. The monoisotopic (exact) mass is 381 g/mol. The summed E-state index contributed by atoms with van der Waals surface area (Å²) in [5.74, 6) is -0.246. The van der Waals surface area contributed by atoms with E-state index in [1.165, 1.54) is 5.56 Å². The van der Waals surface area contributed by atoms with Gasteiger partial charge in [-0.1, -0.05) is 77.9 Å². The third-order valence-electron chi connectivity index (χ3n) is 4.90. The van der Waals surface area contributed by atoms with Crippen molar-refractivity contribution in [2.24, 2.45) is 0 Å². The largest absolute Gasteiger partial charge is 0.461 e. The van der Waals surface area contributed by atoms with Crippen molar-refractivity contribution >= 4 is 5.97 Å². The lowest BCUT2D eigenvalue weighted by Crippen LogP contribution is -2.24. The second-order valence-electron chi connectivity index (χ2n) is 9.66. The zero-order chi connectivity index (χ0) is 20.9. The molecule has 0 atom stereocenters. The number of esters is 1. The van der Waals surface area contributed by atoms with Gasteiger partial charge in [-0.25, -0.2) is 4.79 Å². The van der Waals surface area contributed by atoms with Crippen LogP contribution in [0.15, 0.2) is 48.5 Å². The van der Waals surface area contributed by atoms with Crippen molar-refractivity contribution in [1.29, 1.82) is 0 Å². The van der Waals surface area contributed by atoms with Crippen LogP contribution in [-0.2, 0) is 22.1 Å². The first-order valence-electron chi connectivity index (χ1n) is 10.0. The van der Waals surface area contributed by atoms with Gasteiger partial charge in [-0.05, 0) is 46.7 Å². The SMILES string of the molecule is CN(CCOC(=O)c1cc(C(C)(C)C)cc(C(C)(C)C)c1)Cc1ccccc1. The second kappa shape index (κ2) is 8.91. The van der Waals surface area contributed by atoms with Gasteiger partial charge in [0, 0.05) is 13.1 Å². The Morgan fingerprint density at radius 1 is 0.893 bits per heavy atom. The summed E-state index contributed by atoms with van der Waals surface area (Å²) in [5.41, 5.74) is 4.17. The molecule has 0 saturated heterocycles. The van der Waals surface area contributed by atoms with Crippen LogP contribution < -0.4 is 0 Å². The third-order valence-corrected chi connectivity index (χ3v) is 4.90. The van der Waals surface area contributed by atoms with Crippen LogP contribution >= 0.6 is 0 Å². The highest BCUT2D eigenvalue weighted by atomic mass is 16.5. The van der Waals surface area contributed by atoms with E-state index >= 15 is 0 Å². The van der Waals surface area contributed by atoms with Crippen LogP contribution in [0.25, 0.3) is 0 Å². The molecule has 0 bridgehead atoms. The highest BCUT2D eigenvalue weighted by Gasteiger charge is 2.22. The summed E-state index contributed by atoms with van der Waals surface area (Å²) in [4.78, 5) is 14.9. The molecule has 3 nitrogen and oxygen atoms in total. The molecule has 0 heterocycles. The van der Waals surface area contributed by atoms with E-state index in [0.29, 0.717) is 18.7 Å². The molecule has 0 spiro atoms. The highest BCUT2D eigenvalue weighted by Crippen LogP contribution is 2.30. The minimum atomic E-state index is -0.246. The first-order chi connectivity index (χ1) is 13.0. The summed E-state index contributed by atoms with van der Waals surface area (Å²) in [6.45, 7) is 14.9. The average molecular weight is 382 g/mol. The molecule has 152 valence electrons. The van der Waals surface area contributed by atoms with Crippen LogP contribution in [0.2, 0.25) is 0 Å². The van der Waals surface area contributed by atoms with Gasteiger partial charge in [0.05, 0.1) is 5.56 Å². The first kappa shape index (κ1) is 22.2. The molecule has 0 aliphatic carbocycles. The normalized spacial score (nSPS) is 12.3. The topological polar surface area (TPSA) is 29.5 Å². The number of nitrogens with zero attached hydrogens (tertiary/aromatic N) is 1. The summed E-state index contributed by atoms with van der Waals surface area (Å²) in [6, 6.07) is 16.5. The summed E-state index contributed by atoms with van der Waals surface area (Å²) < 4.78 is 5.59. The quantitative estimate of drug-likeness (QED) is 0.613. The molecule has 2 aromatic rings. The molecule has 0 radical (unpaired) electrons. The Morgan fingerprint density at radius 2 is 1.43 bits per heavy atom. The molecular formula is C25H35NO2. The van der Waals surface area contributed by atoms with Gasteiger partial charge in [0.1, 0.15) is 6.61 Å². The van der Waals surface area contributed by atoms with Gasteiger partial charge in [-0.3, -0.25) is 4.90 Å². The number of rotatable bonds is 6. The first-order valence-corrected chi connectivity index (χ1v) is 10.0. The fourth-order valence-corrected chi connectivity index (χ4v) is 2.96. The average Bonchev–Trinajstić information content (AvgIpc) is 2.60. The molecule has 0 aliphatic rings. The summed E-state index contributed by atoms with van der Waals surface area (Å²) >= 11 is 0. The Labute approximate surface area is 170 Å². The lowest BCUT2D eigenvalue weighted by molar-refractivity contribution is 0.0470. The maximum absolute atomic E-state index is 12.7. The van der Waals surface area contributed by atoms with E-state index < -0.39 is 0 Å². The summed E-state index contributed by atoms with van der Waals surface area (Å²) in [5, 5.41) is 0. The van der Waals surface area contributed by atoms with E-state index in [-0.39, 0.29) is 16.8 Å². The van der Waals surface area contributed by atoms with Gasteiger partial charge in [0.15, 0.2) is 0 Å². The van der Waals surface area contributed by atoms with Crippen LogP contribution in [0.4, 0.5) is 0 Å². The molecule has 0 amide bonds. The van der Waals surface area contributed by atoms with Crippen molar-refractivity contribution in [2.75, 3.05) is 20.2 Å². The minimum Gasteiger partial charge on any atom is -0.461 e. The number of benzene rings is 2. The number of likely N-dealkylation sites (N-methyl/N-ethyl adjacent to an activating group) is 1. The predicted molar refractivity (Wildman–Crippen MR) is 117 cm³/mol. The number of hydrogen-bond acceptors (Lipinski definition) is 3. The van der Waals surface area contributed by atoms with Gasteiger partial charge >= 0.3 is 5.97 Å². The smallest absolute Gasteiger partial charge is 0.338 e. The fraction of sp³-hybridized carbons (Fsp3) is 0.480. The summed E-state index contributed by atoms with van der Waals surface area (Å²) in [7, 11) is 2.04. The number of hydrogen-bond donors (Lipinski definition) is 0. The van der Waals surface area contributed by atoms with Crippen molar-refractivity contribution in [2.45, 2.75) is 58.9 Å². The number of carbonyl (C=O) groups is 1. The van der Waals surface area contributed by atoms with E-state index in [1.54, 1.807) is 0 Å². The van der Waals surface area contributed by atoms with E-state index in [0.717, 1.165) is 17.7 Å². The van der Waals surface area contributed by atoms with E-state index in [2.05, 4.69) is 64.6 Å². The minimum absolute atomic E-state index is 0.0216. The molecule has 0 N–H and O–H groups in total. The van der Waals surface area contributed by atoms with Crippen LogP contribution in [0.1, 0.15) is 68.6 Å². The maximum Gasteiger partial charge on any atom is 0.338 e. The van der Waals surface area contributed by atoms with Gasteiger partial charge in [0.2, 0.25) is 0 Å². The van der Waals surface area contributed by atoms with Crippen molar-refractivity contribution < 1.29 is 9.53 Å². The Balaban J connectivity index is 2.03. The standard InChI is InChI=1S/C25H35NO2/c1-24(2,3)21-15-20(16-22(17-21)25(4,5)6)23(27)28-14-13-26(7)18-19-11-9-8-10-12-19/h8-12,15-17H,13-14,18H2,1-7H3. The van der Waals surface area contributed by atoms with Crippen molar-refractivity contribution in [3.63, 3.8) is 0 Å². The zero-order valence-corrected chi connectivity index (χ0v) is 18.5. The Hall–Kier alpha value is -2.13. The zero-order valence-electron chi connectivity index (χ0n) is 18.5. The Kier molecular flexibility index (Phi) is 7.06. The summed E-state index contributed by atoms with van der Waals surface area (Å²) in [6.07, 6.45) is 0. The van der Waals surface area contributed by atoms with Crippen molar-refractivity contribution in [1.82, 2.24) is 4.90 Å². The highest BCUT2D eigenvalue weighted by molar-refractivity contribution is 5.90. The van der Waals surface area contributed by atoms with E-state index in [4.69, 9.17) is 4.74 Å². The van der Waals surface area contributed by atoms with Crippen LogP contribution in [0.3, 0.4) is 0 Å². The molecule has 3 heteroatoms. The number of carbonyl (C=O) groups excluding carboxylic acids is 1. The van der Waals surface area contributed by atoms with Crippen LogP contribution in [-0.4, -0.2) is 31.1 Å². The molecule has 0 aliphatic heterocycles. The van der Waals surface area contributed by atoms with Crippen molar-refractivity contribution in [3.05, 3.63) is 70.8 Å². The predicted octanol–water partition coefficient (Wildman–Crippen LogP) is 5.57. The number of ether oxygens (including phenoxy) is 1. The molecule has 2 aromatic carbocycles. The third kappa shape index (κ3) is 6.49. The lowest BCUT2D eigenvalue weighted by atomic mass is 9.79. The molecular weight excluding hydrogens is 346 g/mol. The molecule has 28 heavy (non-hydrogen) atoms. The molecule has 0 fully saturated rings. The van der Waals surface area contributed by atoms with Gasteiger partial charge in [-0.15, -0.1) is 0 Å². The van der Waals surface area contributed by atoms with Crippen LogP contribution in [0, 0.1) is 0 Å². The Bertz CT molecular complexity index is 750. The molecule has 0 unspecified atom stereocenters. The van der Waals surface area contributed by atoms with Gasteiger partial charge in [0.25, 0.3) is 0 Å². The maximum atomic E-state index is 12.7. The molecule has 0 aromatic heterocycles. The molecule has 2 rings (SSSR count). The Morgan fingerprint density at radius 3 is 1.93 bits per heavy atom. The van der Waals surface area contributed by atoms with Crippen molar-refractivity contribution in [3.8, 4) is 0 Å². The lowest BCUT2D eigenvalue weighted by Gasteiger charge is -2.26. The van der Waals surface area contributed by atoms with Gasteiger partial charge in [-0.2, -0.15) is 0 Å². The second-order valence-corrected chi connectivity index (χ2v) is 9.66.